The first-order valence-corrected chi connectivity index (χ1v) is 5.97. The number of anilines is 3. The molecule has 0 radical (unpaired) electrons. The van der Waals surface area contributed by atoms with Crippen LogP contribution in [0.4, 0.5) is 17.6 Å². The highest BCUT2D eigenvalue weighted by Crippen LogP contribution is 2.30. The predicted molar refractivity (Wildman–Crippen MR) is 71.3 cm³/mol. The molecule has 94 valence electrons. The molecule has 1 aromatic heterocycles. The van der Waals surface area contributed by atoms with Crippen molar-refractivity contribution in [2.75, 3.05) is 23.3 Å². The summed E-state index contributed by atoms with van der Waals surface area (Å²) in [5, 5.41) is 7.43. The number of fused-ring (bicyclic) bond motifs is 1. The number of hydrogen-bond donors (Lipinski definition) is 3. The van der Waals surface area contributed by atoms with E-state index in [1.807, 2.05) is 23.7 Å². The van der Waals surface area contributed by atoms with Gasteiger partial charge in [-0.1, -0.05) is 12.1 Å². The van der Waals surface area contributed by atoms with E-state index in [9.17, 15) is 0 Å². The van der Waals surface area contributed by atoms with E-state index < -0.39 is 0 Å². The molecule has 0 aliphatic carbocycles. The van der Waals surface area contributed by atoms with Crippen LogP contribution in [0.1, 0.15) is 23.6 Å². The van der Waals surface area contributed by atoms with Crippen LogP contribution < -0.4 is 16.8 Å². The Morgan fingerprint density at radius 3 is 3.00 bits per heavy atom. The number of rotatable bonds is 1. The zero-order valence-corrected chi connectivity index (χ0v) is 10.2. The predicted octanol–water partition coefficient (Wildman–Crippen LogP) is 1.16. The summed E-state index contributed by atoms with van der Waals surface area (Å²) in [6.07, 6.45) is 0.943. The topological polar surface area (TPSA) is 94.8 Å². The fraction of sp³-hybridized carbons (Fsp3) is 0.333. The number of benzene rings is 1. The maximum Gasteiger partial charge on any atom is 0.241 e. The quantitative estimate of drug-likeness (QED) is 0.654. The van der Waals surface area contributed by atoms with E-state index in [-0.39, 0.29) is 6.04 Å². The smallest absolute Gasteiger partial charge is 0.241 e. The van der Waals surface area contributed by atoms with Crippen LogP contribution in [0.5, 0.6) is 0 Å². The van der Waals surface area contributed by atoms with Crippen LogP contribution in [0.15, 0.2) is 18.2 Å². The van der Waals surface area contributed by atoms with Gasteiger partial charge < -0.3 is 16.8 Å². The average Bonchev–Trinajstić information content (AvgIpc) is 2.72. The Bertz CT molecular complexity index is 588. The summed E-state index contributed by atoms with van der Waals surface area (Å²) in [5.41, 5.74) is 14.7. The van der Waals surface area contributed by atoms with Crippen molar-refractivity contribution >= 4 is 17.6 Å². The van der Waals surface area contributed by atoms with Gasteiger partial charge >= 0.3 is 0 Å². The van der Waals surface area contributed by atoms with Crippen molar-refractivity contribution in [2.24, 2.45) is 0 Å². The molecule has 1 aromatic carbocycles. The number of aromatic nitrogens is 3. The Hall–Kier alpha value is -2.24. The van der Waals surface area contributed by atoms with Crippen LogP contribution in [-0.2, 0) is 0 Å². The van der Waals surface area contributed by atoms with Gasteiger partial charge in [-0.15, -0.1) is 5.10 Å². The molecule has 1 unspecified atom stereocenters. The van der Waals surface area contributed by atoms with Gasteiger partial charge in [0.15, 0.2) is 0 Å². The summed E-state index contributed by atoms with van der Waals surface area (Å²) in [5.74, 6) is 1.02. The van der Waals surface area contributed by atoms with Crippen molar-refractivity contribution in [2.45, 2.75) is 19.4 Å². The molecule has 2 heterocycles. The lowest BCUT2D eigenvalue weighted by atomic mass is 10.0. The van der Waals surface area contributed by atoms with Gasteiger partial charge in [0.25, 0.3) is 0 Å². The monoisotopic (exact) mass is 244 g/mol. The first-order valence-electron chi connectivity index (χ1n) is 5.97. The second-order valence-corrected chi connectivity index (χ2v) is 4.59. The molecule has 2 aromatic rings. The summed E-state index contributed by atoms with van der Waals surface area (Å²) < 4.78 is 1.84. The SMILES string of the molecule is Cc1ccc(C2CCNc3nc(N)nn32)cc1N. The lowest BCUT2D eigenvalue weighted by Gasteiger charge is -2.25. The van der Waals surface area contributed by atoms with Crippen molar-refractivity contribution in [3.8, 4) is 0 Å². The second-order valence-electron chi connectivity index (χ2n) is 4.59. The summed E-state index contributed by atoms with van der Waals surface area (Å²) in [6.45, 7) is 2.86. The van der Waals surface area contributed by atoms with E-state index >= 15 is 0 Å². The molecule has 1 atom stereocenters. The Balaban J connectivity index is 2.05. The molecule has 0 spiro atoms. The summed E-state index contributed by atoms with van der Waals surface area (Å²) >= 11 is 0. The fourth-order valence-corrected chi connectivity index (χ4v) is 2.29. The first kappa shape index (κ1) is 10.9. The third-order valence-electron chi connectivity index (χ3n) is 3.33. The number of nitrogen functional groups attached to an aromatic ring is 2. The van der Waals surface area contributed by atoms with Crippen molar-refractivity contribution < 1.29 is 0 Å². The van der Waals surface area contributed by atoms with Gasteiger partial charge in [-0.25, -0.2) is 4.68 Å². The molecule has 0 saturated heterocycles. The van der Waals surface area contributed by atoms with Crippen LogP contribution >= 0.6 is 0 Å². The van der Waals surface area contributed by atoms with Gasteiger partial charge in [-0.3, -0.25) is 0 Å². The third kappa shape index (κ3) is 1.66. The van der Waals surface area contributed by atoms with Crippen LogP contribution in [0.3, 0.4) is 0 Å². The van der Waals surface area contributed by atoms with E-state index in [1.165, 1.54) is 0 Å². The minimum absolute atomic E-state index is 0.147. The molecule has 0 saturated carbocycles. The summed E-state index contributed by atoms with van der Waals surface area (Å²) in [4.78, 5) is 4.15. The molecule has 5 N–H and O–H groups in total. The van der Waals surface area contributed by atoms with Gasteiger partial charge in [-0.05, 0) is 30.5 Å². The standard InChI is InChI=1S/C12H16N6/c1-7-2-3-8(6-9(7)13)10-4-5-15-12-16-11(14)17-18(10)12/h2-3,6,10H,4-5,13H2,1H3,(H3,14,15,16,17). The van der Waals surface area contributed by atoms with Gasteiger partial charge in [0, 0.05) is 12.2 Å². The molecule has 3 rings (SSSR count). The zero-order valence-electron chi connectivity index (χ0n) is 10.2. The molecule has 0 fully saturated rings. The lowest BCUT2D eigenvalue weighted by molar-refractivity contribution is 0.481. The second kappa shape index (κ2) is 3.90. The van der Waals surface area contributed by atoms with Gasteiger partial charge in [0.2, 0.25) is 11.9 Å². The molecule has 6 nitrogen and oxygen atoms in total. The van der Waals surface area contributed by atoms with Crippen molar-refractivity contribution in [1.82, 2.24) is 14.8 Å². The van der Waals surface area contributed by atoms with Gasteiger partial charge in [-0.2, -0.15) is 4.98 Å². The number of aryl methyl sites for hydroxylation is 1. The van der Waals surface area contributed by atoms with Crippen LogP contribution in [0.2, 0.25) is 0 Å². The van der Waals surface area contributed by atoms with E-state index in [1.54, 1.807) is 0 Å². The minimum Gasteiger partial charge on any atom is -0.399 e. The van der Waals surface area contributed by atoms with Crippen molar-refractivity contribution in [1.29, 1.82) is 0 Å². The normalized spacial score (nSPS) is 18.2. The summed E-state index contributed by atoms with van der Waals surface area (Å²) in [6, 6.07) is 6.28. The van der Waals surface area contributed by atoms with Crippen LogP contribution in [0, 0.1) is 6.92 Å². The minimum atomic E-state index is 0.147. The molecule has 6 heteroatoms. The molecule has 18 heavy (non-hydrogen) atoms. The average molecular weight is 244 g/mol. The molecule has 0 amide bonds. The highest BCUT2D eigenvalue weighted by molar-refractivity contribution is 5.50. The molecule has 0 bridgehead atoms. The van der Waals surface area contributed by atoms with Crippen molar-refractivity contribution in [3.63, 3.8) is 0 Å². The molecule has 1 aliphatic rings. The fourth-order valence-electron chi connectivity index (χ4n) is 2.29. The van der Waals surface area contributed by atoms with Gasteiger partial charge in [0.05, 0.1) is 6.04 Å². The number of nitrogens with zero attached hydrogens (tertiary/aromatic N) is 3. The highest BCUT2D eigenvalue weighted by Gasteiger charge is 2.24. The first-order chi connectivity index (χ1) is 8.65. The van der Waals surface area contributed by atoms with Gasteiger partial charge in [0.1, 0.15) is 0 Å². The number of nitrogens with one attached hydrogen (secondary N) is 1. The Kier molecular flexibility index (Phi) is 2.36. The molecular formula is C12H16N6. The molecular weight excluding hydrogens is 228 g/mol. The maximum atomic E-state index is 5.97. The largest absolute Gasteiger partial charge is 0.399 e. The Morgan fingerprint density at radius 1 is 1.39 bits per heavy atom. The van der Waals surface area contributed by atoms with E-state index in [4.69, 9.17) is 11.5 Å². The lowest BCUT2D eigenvalue weighted by Crippen LogP contribution is -2.24. The highest BCUT2D eigenvalue weighted by atomic mass is 15.4. The third-order valence-corrected chi connectivity index (χ3v) is 3.33. The van der Waals surface area contributed by atoms with E-state index in [2.05, 4.69) is 21.5 Å². The van der Waals surface area contributed by atoms with Crippen molar-refractivity contribution in [3.05, 3.63) is 29.3 Å². The molecule has 1 aliphatic heterocycles. The van der Waals surface area contributed by atoms with E-state index in [0.717, 1.165) is 35.7 Å². The Labute approximate surface area is 105 Å². The number of hydrogen-bond acceptors (Lipinski definition) is 5. The Morgan fingerprint density at radius 2 is 2.22 bits per heavy atom. The van der Waals surface area contributed by atoms with Crippen LogP contribution in [0.25, 0.3) is 0 Å². The van der Waals surface area contributed by atoms with E-state index in [0.29, 0.717) is 5.95 Å². The summed E-state index contributed by atoms with van der Waals surface area (Å²) in [7, 11) is 0. The van der Waals surface area contributed by atoms with Crippen LogP contribution in [-0.4, -0.2) is 21.3 Å². The maximum absolute atomic E-state index is 5.97. The zero-order chi connectivity index (χ0) is 12.7. The number of nitrogens with two attached hydrogens (primary N) is 2.